The van der Waals surface area contributed by atoms with Crippen molar-refractivity contribution < 1.29 is 8.42 Å². The van der Waals surface area contributed by atoms with E-state index in [1.807, 2.05) is 25.1 Å². The summed E-state index contributed by atoms with van der Waals surface area (Å²) in [6.07, 6.45) is 0. The van der Waals surface area contributed by atoms with Gasteiger partial charge in [-0.15, -0.1) is 0 Å². The van der Waals surface area contributed by atoms with Gasteiger partial charge in [0.25, 0.3) is 0 Å². The summed E-state index contributed by atoms with van der Waals surface area (Å²) < 4.78 is 25.5. The van der Waals surface area contributed by atoms with Gasteiger partial charge in [0.2, 0.25) is 10.0 Å². The molecule has 0 amide bonds. The Morgan fingerprint density at radius 2 is 1.76 bits per heavy atom. The minimum Gasteiger partial charge on any atom is -0.399 e. The summed E-state index contributed by atoms with van der Waals surface area (Å²) in [5.74, 6) is 0. The van der Waals surface area contributed by atoms with Crippen molar-refractivity contribution in [3.05, 3.63) is 53.6 Å². The Hall–Kier alpha value is -2.05. The van der Waals surface area contributed by atoms with Gasteiger partial charge in [-0.1, -0.05) is 12.1 Å². The van der Waals surface area contributed by atoms with Crippen LogP contribution in [0, 0.1) is 6.92 Å². The first-order valence-electron chi connectivity index (χ1n) is 6.55. The van der Waals surface area contributed by atoms with E-state index in [1.165, 1.54) is 7.05 Å². The van der Waals surface area contributed by atoms with Gasteiger partial charge < -0.3 is 11.1 Å². The van der Waals surface area contributed by atoms with Gasteiger partial charge in [-0.05, 0) is 55.4 Å². The second-order valence-electron chi connectivity index (χ2n) is 4.72. The summed E-state index contributed by atoms with van der Waals surface area (Å²) in [6, 6.07) is 12.4. The third kappa shape index (κ3) is 3.53. The molecule has 0 unspecified atom stereocenters. The van der Waals surface area contributed by atoms with Gasteiger partial charge in [-0.2, -0.15) is 0 Å². The van der Waals surface area contributed by atoms with Crippen molar-refractivity contribution in [3.63, 3.8) is 0 Å². The lowest BCUT2D eigenvalue weighted by Gasteiger charge is -2.11. The minimum atomic E-state index is -3.39. The van der Waals surface area contributed by atoms with E-state index in [0.717, 1.165) is 22.5 Å². The molecule has 6 heteroatoms. The molecule has 0 spiro atoms. The number of hydrogen-bond donors (Lipinski definition) is 3. The number of anilines is 2. The highest BCUT2D eigenvalue weighted by Crippen LogP contribution is 2.18. The molecule has 0 aliphatic rings. The molecule has 0 atom stereocenters. The fraction of sp³-hybridized carbons (Fsp3) is 0.200. The van der Waals surface area contributed by atoms with Crippen molar-refractivity contribution in [2.24, 2.45) is 0 Å². The molecule has 0 aromatic heterocycles. The van der Waals surface area contributed by atoms with Crippen molar-refractivity contribution in [3.8, 4) is 0 Å². The Morgan fingerprint density at radius 1 is 1.10 bits per heavy atom. The van der Waals surface area contributed by atoms with E-state index in [-0.39, 0.29) is 4.90 Å². The van der Waals surface area contributed by atoms with Crippen molar-refractivity contribution in [2.45, 2.75) is 18.4 Å². The number of nitrogens with two attached hydrogens (primary N) is 1. The number of benzene rings is 2. The van der Waals surface area contributed by atoms with E-state index in [0.29, 0.717) is 6.54 Å². The molecule has 0 aliphatic heterocycles. The summed E-state index contributed by atoms with van der Waals surface area (Å²) in [7, 11) is -2.00. The molecule has 21 heavy (non-hydrogen) atoms. The molecular weight excluding hydrogens is 286 g/mol. The van der Waals surface area contributed by atoms with Crippen LogP contribution in [0.3, 0.4) is 0 Å². The lowest BCUT2D eigenvalue weighted by molar-refractivity contribution is 0.588. The number of rotatable bonds is 5. The second kappa shape index (κ2) is 6.15. The largest absolute Gasteiger partial charge is 0.399 e. The Labute approximate surface area is 125 Å². The zero-order valence-corrected chi connectivity index (χ0v) is 12.9. The lowest BCUT2D eigenvalue weighted by atomic mass is 10.1. The molecule has 2 rings (SSSR count). The Balaban J connectivity index is 2.09. The number of nitrogen functional groups attached to an aromatic ring is 1. The Morgan fingerprint density at radius 3 is 2.38 bits per heavy atom. The van der Waals surface area contributed by atoms with E-state index >= 15 is 0 Å². The molecule has 5 nitrogen and oxygen atoms in total. The molecule has 0 heterocycles. The topological polar surface area (TPSA) is 84.2 Å². The third-order valence-corrected chi connectivity index (χ3v) is 4.83. The second-order valence-corrected chi connectivity index (χ2v) is 6.60. The maximum Gasteiger partial charge on any atom is 0.240 e. The maximum atomic E-state index is 11.6. The molecular formula is C15H19N3O2S. The Kier molecular flexibility index (Phi) is 4.50. The van der Waals surface area contributed by atoms with E-state index in [4.69, 9.17) is 5.73 Å². The smallest absolute Gasteiger partial charge is 0.240 e. The van der Waals surface area contributed by atoms with Crippen molar-refractivity contribution in [2.75, 3.05) is 18.1 Å². The quantitative estimate of drug-likeness (QED) is 0.739. The van der Waals surface area contributed by atoms with Gasteiger partial charge in [-0.25, -0.2) is 13.1 Å². The van der Waals surface area contributed by atoms with Crippen LogP contribution in [0.5, 0.6) is 0 Å². The zero-order chi connectivity index (χ0) is 15.5. The predicted molar refractivity (Wildman–Crippen MR) is 85.6 cm³/mol. The first-order chi connectivity index (χ1) is 9.94. The van der Waals surface area contributed by atoms with Crippen molar-refractivity contribution in [1.82, 2.24) is 4.72 Å². The van der Waals surface area contributed by atoms with Crippen molar-refractivity contribution in [1.29, 1.82) is 0 Å². The van der Waals surface area contributed by atoms with Crippen LogP contribution in [0.4, 0.5) is 11.4 Å². The lowest BCUT2D eigenvalue weighted by Crippen LogP contribution is -2.18. The summed E-state index contributed by atoms with van der Waals surface area (Å²) in [6.45, 7) is 2.62. The normalized spacial score (nSPS) is 11.3. The van der Waals surface area contributed by atoms with Crippen LogP contribution < -0.4 is 15.8 Å². The van der Waals surface area contributed by atoms with Gasteiger partial charge in [0.15, 0.2) is 0 Å². The zero-order valence-electron chi connectivity index (χ0n) is 12.1. The predicted octanol–water partition coefficient (Wildman–Crippen LogP) is 2.10. The first-order valence-corrected chi connectivity index (χ1v) is 8.04. The van der Waals surface area contributed by atoms with E-state index in [2.05, 4.69) is 10.0 Å². The van der Waals surface area contributed by atoms with Crippen LogP contribution in [-0.2, 0) is 16.6 Å². The first kappa shape index (κ1) is 15.3. The number of nitrogens with one attached hydrogen (secondary N) is 2. The monoisotopic (exact) mass is 305 g/mol. The van der Waals surface area contributed by atoms with E-state index < -0.39 is 10.0 Å². The summed E-state index contributed by atoms with van der Waals surface area (Å²) in [5, 5.41) is 3.25. The molecule has 4 N–H and O–H groups in total. The molecule has 0 radical (unpaired) electrons. The van der Waals surface area contributed by atoms with E-state index in [1.54, 1.807) is 24.3 Å². The van der Waals surface area contributed by atoms with Gasteiger partial charge in [0, 0.05) is 17.9 Å². The third-order valence-electron chi connectivity index (χ3n) is 3.40. The number of sulfonamides is 1. The molecule has 0 bridgehead atoms. The average Bonchev–Trinajstić information content (AvgIpc) is 2.49. The molecule has 0 saturated carbocycles. The SMILES string of the molecule is CNS(=O)(=O)c1ccc(NCc2cccc(N)c2C)cc1. The van der Waals surface area contributed by atoms with Crippen LogP contribution in [0.25, 0.3) is 0 Å². The van der Waals surface area contributed by atoms with Crippen LogP contribution >= 0.6 is 0 Å². The summed E-state index contributed by atoms with van der Waals surface area (Å²) in [4.78, 5) is 0.246. The minimum absolute atomic E-state index is 0.246. The number of hydrogen-bond acceptors (Lipinski definition) is 4. The molecule has 112 valence electrons. The fourth-order valence-electron chi connectivity index (χ4n) is 1.96. The van der Waals surface area contributed by atoms with E-state index in [9.17, 15) is 8.42 Å². The van der Waals surface area contributed by atoms with Crippen LogP contribution in [0.1, 0.15) is 11.1 Å². The highest BCUT2D eigenvalue weighted by molar-refractivity contribution is 7.89. The highest BCUT2D eigenvalue weighted by Gasteiger charge is 2.10. The average molecular weight is 305 g/mol. The molecule has 2 aromatic rings. The van der Waals surface area contributed by atoms with Gasteiger partial charge >= 0.3 is 0 Å². The molecule has 0 aliphatic carbocycles. The highest BCUT2D eigenvalue weighted by atomic mass is 32.2. The van der Waals surface area contributed by atoms with Gasteiger partial charge in [0.1, 0.15) is 0 Å². The molecule has 0 fully saturated rings. The fourth-order valence-corrected chi connectivity index (χ4v) is 2.69. The maximum absolute atomic E-state index is 11.6. The summed E-state index contributed by atoms with van der Waals surface area (Å²) in [5.41, 5.74) is 9.66. The van der Waals surface area contributed by atoms with Gasteiger partial charge in [-0.3, -0.25) is 0 Å². The van der Waals surface area contributed by atoms with Crippen LogP contribution in [-0.4, -0.2) is 15.5 Å². The molecule has 2 aromatic carbocycles. The van der Waals surface area contributed by atoms with Crippen LogP contribution in [0.15, 0.2) is 47.4 Å². The van der Waals surface area contributed by atoms with Gasteiger partial charge in [0.05, 0.1) is 4.90 Å². The summed E-state index contributed by atoms with van der Waals surface area (Å²) >= 11 is 0. The van der Waals surface area contributed by atoms with Crippen LogP contribution in [0.2, 0.25) is 0 Å². The Bertz CT molecular complexity index is 725. The standard InChI is InChI=1S/C15H19N3O2S/c1-11-12(4-3-5-15(11)16)10-18-13-6-8-14(9-7-13)21(19,20)17-2/h3-9,17-18H,10,16H2,1-2H3. The van der Waals surface area contributed by atoms with Crippen molar-refractivity contribution >= 4 is 21.4 Å². The molecule has 0 saturated heterocycles.